The van der Waals surface area contributed by atoms with E-state index in [1.54, 1.807) is 24.1 Å². The first-order chi connectivity index (χ1) is 11.7. The van der Waals surface area contributed by atoms with Gasteiger partial charge in [0.15, 0.2) is 0 Å². The van der Waals surface area contributed by atoms with Gasteiger partial charge in [0.25, 0.3) is 0 Å². The zero-order valence-electron chi connectivity index (χ0n) is 13.3. The maximum absolute atomic E-state index is 12.3. The number of benzene rings is 1. The van der Waals surface area contributed by atoms with Crippen LogP contribution in [-0.4, -0.2) is 42.1 Å². The number of carbonyl (C=O) groups is 1. The Morgan fingerprint density at radius 3 is 2.96 bits per heavy atom. The molecule has 1 amide bonds. The number of methoxy groups -OCH3 is 1. The van der Waals surface area contributed by atoms with Gasteiger partial charge in [-0.15, -0.1) is 0 Å². The van der Waals surface area contributed by atoms with E-state index in [0.29, 0.717) is 31.0 Å². The molecule has 0 radical (unpaired) electrons. The van der Waals surface area contributed by atoms with E-state index in [1.807, 2.05) is 30.3 Å². The number of hydrogen-bond acceptors (Lipinski definition) is 5. The number of aromatic nitrogens is 1. The van der Waals surface area contributed by atoms with E-state index >= 15 is 0 Å². The van der Waals surface area contributed by atoms with Crippen LogP contribution < -0.4 is 9.47 Å². The summed E-state index contributed by atoms with van der Waals surface area (Å²) < 4.78 is 10.8. The monoisotopic (exact) mass is 323 g/mol. The van der Waals surface area contributed by atoms with Crippen LogP contribution in [0.5, 0.6) is 11.6 Å². The smallest absolute Gasteiger partial charge is 0.227 e. The predicted molar refractivity (Wildman–Crippen MR) is 86.6 cm³/mol. The van der Waals surface area contributed by atoms with E-state index in [0.717, 1.165) is 11.3 Å². The average molecular weight is 323 g/mol. The normalized spacial score (nSPS) is 13.8. The summed E-state index contributed by atoms with van der Waals surface area (Å²) in [6.45, 7) is 1.06. The minimum absolute atomic E-state index is 0.0573. The van der Waals surface area contributed by atoms with Crippen molar-refractivity contribution >= 4 is 5.91 Å². The highest BCUT2D eigenvalue weighted by Gasteiger charge is 2.32. The molecule has 1 aliphatic rings. The molecule has 6 nitrogen and oxygen atoms in total. The molecule has 0 saturated carbocycles. The van der Waals surface area contributed by atoms with Gasteiger partial charge < -0.3 is 14.4 Å². The number of nitrogens with zero attached hydrogens (tertiary/aromatic N) is 3. The molecule has 3 rings (SSSR count). The summed E-state index contributed by atoms with van der Waals surface area (Å²) in [6, 6.07) is 12.8. The lowest BCUT2D eigenvalue weighted by atomic mass is 10.1. The van der Waals surface area contributed by atoms with E-state index < -0.39 is 0 Å². The zero-order valence-corrected chi connectivity index (χ0v) is 13.3. The number of hydrogen-bond donors (Lipinski definition) is 0. The molecule has 1 aromatic heterocycles. The first-order valence-electron chi connectivity index (χ1n) is 7.61. The Labute approximate surface area is 140 Å². The Kier molecular flexibility index (Phi) is 4.62. The second-order valence-corrected chi connectivity index (χ2v) is 5.56. The number of likely N-dealkylation sites (tertiary alicyclic amines) is 1. The highest BCUT2D eigenvalue weighted by molar-refractivity contribution is 5.79. The molecule has 24 heavy (non-hydrogen) atoms. The fraction of sp³-hybridized carbons (Fsp3) is 0.278. The number of nitriles is 1. The lowest BCUT2D eigenvalue weighted by molar-refractivity contribution is -0.139. The van der Waals surface area contributed by atoms with Crippen LogP contribution in [0.2, 0.25) is 0 Å². The summed E-state index contributed by atoms with van der Waals surface area (Å²) in [4.78, 5) is 18.1. The van der Waals surface area contributed by atoms with E-state index in [-0.39, 0.29) is 12.0 Å². The molecule has 1 aromatic carbocycles. The molecule has 0 spiro atoms. The van der Waals surface area contributed by atoms with Gasteiger partial charge in [0.2, 0.25) is 11.8 Å². The van der Waals surface area contributed by atoms with Crippen LogP contribution in [-0.2, 0) is 11.2 Å². The number of rotatable bonds is 5. The summed E-state index contributed by atoms with van der Waals surface area (Å²) in [6.07, 6.45) is 1.80. The molecule has 122 valence electrons. The van der Waals surface area contributed by atoms with Gasteiger partial charge in [-0.3, -0.25) is 4.79 Å². The number of ether oxygens (including phenoxy) is 2. The van der Waals surface area contributed by atoms with Crippen molar-refractivity contribution in [2.75, 3.05) is 20.2 Å². The predicted octanol–water partition coefficient (Wildman–Crippen LogP) is 1.79. The number of carbonyl (C=O) groups excluding carboxylic acids is 1. The lowest BCUT2D eigenvalue weighted by Gasteiger charge is -2.38. The molecule has 1 aliphatic heterocycles. The molecule has 0 unspecified atom stereocenters. The quantitative estimate of drug-likeness (QED) is 0.838. The van der Waals surface area contributed by atoms with E-state index in [9.17, 15) is 4.79 Å². The van der Waals surface area contributed by atoms with Gasteiger partial charge in [0.05, 0.1) is 38.3 Å². The van der Waals surface area contributed by atoms with Crippen molar-refractivity contribution in [2.45, 2.75) is 12.5 Å². The van der Waals surface area contributed by atoms with E-state index in [4.69, 9.17) is 14.7 Å². The van der Waals surface area contributed by atoms with Crippen molar-refractivity contribution in [3.05, 3.63) is 53.7 Å². The topological polar surface area (TPSA) is 75.4 Å². The molecule has 0 bridgehead atoms. The highest BCUT2D eigenvalue weighted by atomic mass is 16.5. The van der Waals surface area contributed by atoms with Crippen LogP contribution in [0.3, 0.4) is 0 Å². The fourth-order valence-electron chi connectivity index (χ4n) is 2.50. The van der Waals surface area contributed by atoms with E-state index in [1.165, 1.54) is 6.20 Å². The highest BCUT2D eigenvalue weighted by Crippen LogP contribution is 2.19. The first kappa shape index (κ1) is 15.8. The average Bonchev–Trinajstić information content (AvgIpc) is 2.58. The van der Waals surface area contributed by atoms with Crippen molar-refractivity contribution in [1.29, 1.82) is 5.26 Å². The molecule has 6 heteroatoms. The molecule has 0 N–H and O–H groups in total. The van der Waals surface area contributed by atoms with Crippen molar-refractivity contribution in [3.63, 3.8) is 0 Å². The van der Waals surface area contributed by atoms with Crippen LogP contribution in [0.1, 0.15) is 11.1 Å². The SMILES string of the molecule is COc1cccc(CC(=O)N2CC(Oc3cc(C#N)ccn3)C2)c1. The summed E-state index contributed by atoms with van der Waals surface area (Å²) in [5.74, 6) is 1.22. The number of pyridine rings is 1. The van der Waals surface area contributed by atoms with Gasteiger partial charge in [-0.25, -0.2) is 4.98 Å². The van der Waals surface area contributed by atoms with Gasteiger partial charge in [-0.2, -0.15) is 5.26 Å². The third kappa shape index (κ3) is 3.63. The minimum atomic E-state index is -0.0827. The Bertz CT molecular complexity index is 779. The third-order valence-electron chi connectivity index (χ3n) is 3.84. The van der Waals surface area contributed by atoms with Crippen molar-refractivity contribution in [1.82, 2.24) is 9.88 Å². The van der Waals surface area contributed by atoms with Gasteiger partial charge in [-0.1, -0.05) is 12.1 Å². The molecule has 1 saturated heterocycles. The maximum atomic E-state index is 12.3. The second-order valence-electron chi connectivity index (χ2n) is 5.56. The summed E-state index contributed by atoms with van der Waals surface area (Å²) in [5.41, 5.74) is 1.43. The third-order valence-corrected chi connectivity index (χ3v) is 3.84. The number of amides is 1. The molecule has 2 heterocycles. The molecular weight excluding hydrogens is 306 g/mol. The molecule has 2 aromatic rings. The van der Waals surface area contributed by atoms with Crippen molar-refractivity contribution < 1.29 is 14.3 Å². The largest absolute Gasteiger partial charge is 0.497 e. The molecule has 0 aliphatic carbocycles. The minimum Gasteiger partial charge on any atom is -0.497 e. The Morgan fingerprint density at radius 1 is 1.38 bits per heavy atom. The van der Waals surface area contributed by atoms with Gasteiger partial charge >= 0.3 is 0 Å². The summed E-state index contributed by atoms with van der Waals surface area (Å²) in [5, 5.41) is 8.86. The van der Waals surface area contributed by atoms with Gasteiger partial charge in [0, 0.05) is 12.3 Å². The standard InChI is InChI=1S/C18H17N3O3/c1-23-15-4-2-3-13(7-15)9-18(22)21-11-16(12-21)24-17-8-14(10-19)5-6-20-17/h2-8,16H,9,11-12H2,1H3. The summed E-state index contributed by atoms with van der Waals surface area (Å²) >= 11 is 0. The lowest BCUT2D eigenvalue weighted by Crippen LogP contribution is -2.56. The Morgan fingerprint density at radius 2 is 2.21 bits per heavy atom. The van der Waals surface area contributed by atoms with Gasteiger partial charge in [-0.05, 0) is 23.8 Å². The first-order valence-corrected chi connectivity index (χ1v) is 7.61. The van der Waals surface area contributed by atoms with E-state index in [2.05, 4.69) is 4.98 Å². The summed E-state index contributed by atoms with van der Waals surface area (Å²) in [7, 11) is 1.60. The van der Waals surface area contributed by atoms with Crippen LogP contribution in [0, 0.1) is 11.3 Å². The van der Waals surface area contributed by atoms with Crippen molar-refractivity contribution in [2.24, 2.45) is 0 Å². The Balaban J connectivity index is 1.50. The molecule has 0 atom stereocenters. The fourth-order valence-corrected chi connectivity index (χ4v) is 2.50. The van der Waals surface area contributed by atoms with Crippen LogP contribution in [0.25, 0.3) is 0 Å². The second kappa shape index (κ2) is 7.01. The van der Waals surface area contributed by atoms with Gasteiger partial charge in [0.1, 0.15) is 11.9 Å². The van der Waals surface area contributed by atoms with Crippen LogP contribution >= 0.6 is 0 Å². The zero-order chi connectivity index (χ0) is 16.9. The Hall–Kier alpha value is -3.07. The molecule has 1 fully saturated rings. The maximum Gasteiger partial charge on any atom is 0.227 e. The van der Waals surface area contributed by atoms with Crippen LogP contribution in [0.15, 0.2) is 42.6 Å². The molecular formula is C18H17N3O3. The van der Waals surface area contributed by atoms with Crippen molar-refractivity contribution in [3.8, 4) is 17.7 Å². The van der Waals surface area contributed by atoms with Crippen LogP contribution in [0.4, 0.5) is 0 Å².